The van der Waals surface area contributed by atoms with Gasteiger partial charge in [-0.3, -0.25) is 4.57 Å². The molecular formula is C58H40N4O. The predicted octanol–water partition coefficient (Wildman–Crippen LogP) is 14.0. The number of anilines is 3. The topological polar surface area (TPSA) is 33.5 Å². The van der Waals surface area contributed by atoms with Gasteiger partial charge in [-0.25, -0.2) is 4.98 Å². The number of hydrogen-bond acceptors (Lipinski definition) is 4. The van der Waals surface area contributed by atoms with Crippen LogP contribution in [-0.2, 0) is 5.41 Å². The molecule has 0 N–H and O–H groups in total. The van der Waals surface area contributed by atoms with E-state index in [9.17, 15) is 0 Å². The Balaban J connectivity index is 1.06. The Morgan fingerprint density at radius 3 is 1.84 bits per heavy atom. The molecule has 0 atom stereocenters. The summed E-state index contributed by atoms with van der Waals surface area (Å²) in [5.41, 5.74) is 17.3. The van der Waals surface area contributed by atoms with Crippen LogP contribution in [0.3, 0.4) is 0 Å². The van der Waals surface area contributed by atoms with E-state index in [2.05, 4.69) is 216 Å². The molecule has 3 aliphatic rings. The van der Waals surface area contributed by atoms with Crippen molar-refractivity contribution in [3.63, 3.8) is 0 Å². The first-order chi connectivity index (χ1) is 31.1. The molecule has 298 valence electrons. The van der Waals surface area contributed by atoms with Crippen LogP contribution in [0.5, 0.6) is 11.5 Å². The van der Waals surface area contributed by atoms with Gasteiger partial charge in [0.05, 0.1) is 40.2 Å². The van der Waals surface area contributed by atoms with E-state index < -0.39 is 5.41 Å². The largest absolute Gasteiger partial charge is 0.457 e. The Morgan fingerprint density at radius 2 is 1.13 bits per heavy atom. The van der Waals surface area contributed by atoms with Crippen LogP contribution in [0.25, 0.3) is 62.0 Å². The van der Waals surface area contributed by atoms with E-state index >= 15 is 0 Å². The number of ether oxygens (including phenoxy) is 1. The van der Waals surface area contributed by atoms with Gasteiger partial charge in [-0.2, -0.15) is 0 Å². The second-order valence-electron chi connectivity index (χ2n) is 16.9. The second-order valence-corrected chi connectivity index (χ2v) is 16.9. The number of pyridine rings is 1. The first-order valence-corrected chi connectivity index (χ1v) is 21.6. The Hall–Kier alpha value is -8.15. The summed E-state index contributed by atoms with van der Waals surface area (Å²) in [4.78, 5) is 9.64. The molecule has 1 spiro atoms. The minimum Gasteiger partial charge on any atom is -0.457 e. The van der Waals surface area contributed by atoms with Gasteiger partial charge in [0.2, 0.25) is 0 Å². The predicted molar refractivity (Wildman–Crippen MR) is 259 cm³/mol. The molecule has 0 fully saturated rings. The number of aromatic nitrogens is 2. The fourth-order valence-corrected chi connectivity index (χ4v) is 10.7. The van der Waals surface area contributed by atoms with Crippen molar-refractivity contribution in [3.8, 4) is 39.6 Å². The highest BCUT2D eigenvalue weighted by Gasteiger charge is 2.51. The van der Waals surface area contributed by atoms with Gasteiger partial charge < -0.3 is 14.5 Å². The number of benzene rings is 8. The van der Waals surface area contributed by atoms with Crippen molar-refractivity contribution < 1.29 is 4.74 Å². The first-order valence-electron chi connectivity index (χ1n) is 21.6. The van der Waals surface area contributed by atoms with E-state index in [-0.39, 0.29) is 0 Å². The highest BCUT2D eigenvalue weighted by molar-refractivity contribution is 6.09. The lowest BCUT2D eigenvalue weighted by Gasteiger charge is -2.45. The molecule has 4 heterocycles. The molecule has 63 heavy (non-hydrogen) atoms. The fourth-order valence-electron chi connectivity index (χ4n) is 10.7. The molecule has 0 bridgehead atoms. The molecular weight excluding hydrogens is 769 g/mol. The summed E-state index contributed by atoms with van der Waals surface area (Å²) < 4.78 is 9.20. The fraction of sp³-hybridized carbons (Fsp3) is 0.0517. The molecule has 10 aromatic rings. The van der Waals surface area contributed by atoms with Crippen molar-refractivity contribution in [2.75, 3.05) is 23.5 Å². The molecule has 0 unspecified atom stereocenters. The lowest BCUT2D eigenvalue weighted by molar-refractivity contribution is 0.482. The molecule has 2 aliphatic heterocycles. The Labute approximate surface area is 366 Å². The zero-order valence-electron chi connectivity index (χ0n) is 34.6. The van der Waals surface area contributed by atoms with E-state index in [0.717, 1.165) is 46.1 Å². The molecule has 0 saturated heterocycles. The van der Waals surface area contributed by atoms with Crippen LogP contribution >= 0.6 is 0 Å². The average molecular weight is 809 g/mol. The van der Waals surface area contributed by atoms with Gasteiger partial charge in [0.1, 0.15) is 17.3 Å². The summed E-state index contributed by atoms with van der Waals surface area (Å²) in [6.07, 6.45) is 6.49. The Bertz CT molecular complexity index is 3390. The quantitative estimate of drug-likeness (QED) is 0.173. The van der Waals surface area contributed by atoms with Crippen LogP contribution in [0, 0.1) is 0 Å². The van der Waals surface area contributed by atoms with E-state index in [0.29, 0.717) is 0 Å². The molecule has 1 aliphatic carbocycles. The van der Waals surface area contributed by atoms with Gasteiger partial charge in [-0.1, -0.05) is 140 Å². The van der Waals surface area contributed by atoms with E-state index in [1.54, 1.807) is 0 Å². The van der Waals surface area contributed by atoms with Gasteiger partial charge in [0, 0.05) is 36.1 Å². The monoisotopic (exact) mass is 808 g/mol. The minimum atomic E-state index is -0.687. The first kappa shape index (κ1) is 35.6. The minimum absolute atomic E-state index is 0.687. The summed E-state index contributed by atoms with van der Waals surface area (Å²) in [6, 6.07) is 70.3. The highest BCUT2D eigenvalue weighted by atomic mass is 16.5. The molecule has 2 aromatic heterocycles. The van der Waals surface area contributed by atoms with Gasteiger partial charge in [0.25, 0.3) is 0 Å². The van der Waals surface area contributed by atoms with E-state index in [1.807, 2.05) is 18.3 Å². The second kappa shape index (κ2) is 13.7. The summed E-state index contributed by atoms with van der Waals surface area (Å²) >= 11 is 0. The van der Waals surface area contributed by atoms with Crippen molar-refractivity contribution in [2.45, 2.75) is 5.41 Å². The van der Waals surface area contributed by atoms with Gasteiger partial charge in [-0.05, 0) is 110 Å². The van der Waals surface area contributed by atoms with E-state index in [4.69, 9.17) is 9.72 Å². The Morgan fingerprint density at radius 1 is 0.476 bits per heavy atom. The molecule has 5 heteroatoms. The molecule has 5 nitrogen and oxygen atoms in total. The zero-order valence-corrected chi connectivity index (χ0v) is 34.6. The van der Waals surface area contributed by atoms with Crippen LogP contribution in [0.1, 0.15) is 33.4 Å². The third-order valence-electron chi connectivity index (χ3n) is 13.4. The number of para-hydroxylation sites is 2. The molecule has 0 saturated carbocycles. The van der Waals surface area contributed by atoms with Crippen molar-refractivity contribution in [1.29, 1.82) is 0 Å². The average Bonchev–Trinajstić information content (AvgIpc) is 3.82. The maximum atomic E-state index is 6.97. The number of fused-ring (bicyclic) bond motifs is 11. The molecule has 0 amide bonds. The van der Waals surface area contributed by atoms with Crippen molar-refractivity contribution in [2.24, 2.45) is 0 Å². The van der Waals surface area contributed by atoms with Gasteiger partial charge in [-0.15, -0.1) is 0 Å². The van der Waals surface area contributed by atoms with Crippen LogP contribution < -0.4 is 14.5 Å². The normalized spacial score (nSPS) is 14.0. The number of hydrogen-bond donors (Lipinski definition) is 0. The third-order valence-corrected chi connectivity index (χ3v) is 13.4. The van der Waals surface area contributed by atoms with Crippen LogP contribution in [0.15, 0.2) is 200 Å². The maximum Gasteiger partial charge on any atom is 0.137 e. The summed E-state index contributed by atoms with van der Waals surface area (Å²) in [5, 5.41) is 2.34. The highest BCUT2D eigenvalue weighted by Crippen LogP contribution is 2.62. The smallest absolute Gasteiger partial charge is 0.137 e. The van der Waals surface area contributed by atoms with Crippen molar-refractivity contribution in [1.82, 2.24) is 9.55 Å². The third kappa shape index (κ3) is 5.26. The van der Waals surface area contributed by atoms with Crippen LogP contribution in [-0.4, -0.2) is 23.3 Å². The van der Waals surface area contributed by atoms with Gasteiger partial charge >= 0.3 is 0 Å². The van der Waals surface area contributed by atoms with Crippen molar-refractivity contribution in [3.05, 3.63) is 234 Å². The maximum absolute atomic E-state index is 6.97. The van der Waals surface area contributed by atoms with Gasteiger partial charge in [0.15, 0.2) is 0 Å². The summed E-state index contributed by atoms with van der Waals surface area (Å²) in [5.74, 6) is 2.42. The zero-order chi connectivity index (χ0) is 41.6. The molecule has 0 radical (unpaired) electrons. The van der Waals surface area contributed by atoms with E-state index in [1.165, 1.54) is 72.4 Å². The SMILES string of the molecule is CN1CN2c3cc(Oc4ccc5c6ccccc6n(-c6ccccn6)c5c4)ccc3C3(c4cc(-c5ccccc5)ccc4C=Cc4ccc(-c5ccccc5)cc43)c3cccc1c32. The Kier molecular flexibility index (Phi) is 7.73. The standard InChI is InChI=1S/C58H40N4O/c1-60-37-61-55-36-45(63-44-28-30-47-46-17-8-9-19-52(46)62(54(47)35-44)56-21-10-11-32-59-56)29-31-48(55)58(49-18-12-20-53(60)57(49)61)50-33-42(38-13-4-2-5-14-38)26-24-40(50)22-23-41-25-27-43(34-51(41)58)39-15-6-3-7-16-39/h2-36H,37H2,1H3. The lowest BCUT2D eigenvalue weighted by Crippen LogP contribution is -2.39. The van der Waals surface area contributed by atoms with Crippen LogP contribution in [0.2, 0.25) is 0 Å². The van der Waals surface area contributed by atoms with Crippen molar-refractivity contribution >= 4 is 51.0 Å². The van der Waals surface area contributed by atoms with Crippen LogP contribution in [0.4, 0.5) is 17.1 Å². The summed E-state index contributed by atoms with van der Waals surface area (Å²) in [6.45, 7) is 0.723. The summed E-state index contributed by atoms with van der Waals surface area (Å²) in [7, 11) is 2.20. The lowest BCUT2D eigenvalue weighted by atomic mass is 9.60. The molecule has 8 aromatic carbocycles. The number of nitrogens with zero attached hydrogens (tertiary/aromatic N) is 4. The molecule has 13 rings (SSSR count). The number of rotatable bonds is 5.